The number of rotatable bonds is 0. The van der Waals surface area contributed by atoms with E-state index in [1.54, 1.807) is 0 Å². The van der Waals surface area contributed by atoms with Crippen LogP contribution < -0.4 is 0 Å². The molecular weight excluding hydrogens is 218 g/mol. The van der Waals surface area contributed by atoms with Gasteiger partial charge in [0, 0.05) is 13.0 Å². The second-order valence-corrected chi connectivity index (χ2v) is 6.53. The van der Waals surface area contributed by atoms with E-state index < -0.39 is 5.60 Å². The zero-order chi connectivity index (χ0) is 13.3. The Morgan fingerprint density at radius 3 is 2.47 bits per heavy atom. The fourth-order valence-electron chi connectivity index (χ4n) is 1.89. The molecule has 1 aliphatic heterocycles. The average Bonchev–Trinajstić information content (AvgIpc) is 2.20. The molecule has 0 spiro atoms. The summed E-state index contributed by atoms with van der Waals surface area (Å²) in [6.07, 6.45) is 0.980. The fraction of sp³-hybridized carbons (Fsp3) is 0.846. The van der Waals surface area contributed by atoms with E-state index in [0.29, 0.717) is 13.0 Å². The molecule has 0 atom stereocenters. The number of hydrogen-bond donors (Lipinski definition) is 0. The number of Topliss-reactive ketones (excluding diaryl/α,β-unsaturated/α-hetero) is 1. The maximum Gasteiger partial charge on any atom is 0.410 e. The number of ketones is 1. The van der Waals surface area contributed by atoms with Crippen LogP contribution >= 0.6 is 0 Å². The van der Waals surface area contributed by atoms with Crippen molar-refractivity contribution in [2.75, 3.05) is 13.1 Å². The molecule has 17 heavy (non-hydrogen) atoms. The molecule has 1 amide bonds. The lowest BCUT2D eigenvalue weighted by molar-refractivity contribution is -0.120. The van der Waals surface area contributed by atoms with Gasteiger partial charge in [-0.2, -0.15) is 0 Å². The van der Waals surface area contributed by atoms with Crippen LogP contribution in [0.15, 0.2) is 0 Å². The van der Waals surface area contributed by atoms with Crippen LogP contribution in [0.25, 0.3) is 0 Å². The highest BCUT2D eigenvalue weighted by Crippen LogP contribution is 2.28. The Labute approximate surface area is 103 Å². The van der Waals surface area contributed by atoms with E-state index in [1.807, 2.05) is 20.8 Å². The predicted molar refractivity (Wildman–Crippen MR) is 65.8 cm³/mol. The second-order valence-electron chi connectivity index (χ2n) is 6.53. The summed E-state index contributed by atoms with van der Waals surface area (Å²) in [5, 5.41) is 0. The fourth-order valence-corrected chi connectivity index (χ4v) is 1.89. The van der Waals surface area contributed by atoms with Gasteiger partial charge in [-0.15, -0.1) is 0 Å². The average molecular weight is 241 g/mol. The minimum Gasteiger partial charge on any atom is -0.444 e. The first-order valence-corrected chi connectivity index (χ1v) is 6.09. The van der Waals surface area contributed by atoms with Crippen LogP contribution in [0.4, 0.5) is 4.79 Å². The summed E-state index contributed by atoms with van der Waals surface area (Å²) < 4.78 is 5.28. The molecule has 0 aromatic carbocycles. The van der Waals surface area contributed by atoms with Crippen LogP contribution in [0.1, 0.15) is 47.5 Å². The minimum atomic E-state index is -0.512. The highest BCUT2D eigenvalue weighted by Gasteiger charge is 2.31. The molecule has 0 N–H and O–H groups in total. The molecule has 1 aliphatic rings. The largest absolute Gasteiger partial charge is 0.444 e. The molecule has 4 nitrogen and oxygen atoms in total. The van der Waals surface area contributed by atoms with Crippen LogP contribution in [0.3, 0.4) is 0 Å². The molecule has 0 bridgehead atoms. The number of hydrogen-bond acceptors (Lipinski definition) is 3. The summed E-state index contributed by atoms with van der Waals surface area (Å²) in [6, 6.07) is 0. The maximum absolute atomic E-state index is 11.9. The Hall–Kier alpha value is -1.06. The van der Waals surface area contributed by atoms with E-state index in [-0.39, 0.29) is 23.8 Å². The number of carbonyl (C=O) groups is 2. The summed E-state index contributed by atoms with van der Waals surface area (Å²) >= 11 is 0. The Morgan fingerprint density at radius 1 is 1.35 bits per heavy atom. The van der Waals surface area contributed by atoms with E-state index in [0.717, 1.165) is 6.42 Å². The van der Waals surface area contributed by atoms with Crippen molar-refractivity contribution in [2.24, 2.45) is 5.41 Å². The monoisotopic (exact) mass is 241 g/mol. The molecule has 0 unspecified atom stereocenters. The van der Waals surface area contributed by atoms with Crippen LogP contribution in [0.5, 0.6) is 0 Å². The first-order chi connectivity index (χ1) is 7.59. The van der Waals surface area contributed by atoms with Gasteiger partial charge in [0.1, 0.15) is 5.60 Å². The normalized spacial score (nSPS) is 21.0. The molecule has 98 valence electrons. The number of nitrogens with zero attached hydrogens (tertiary/aromatic N) is 1. The smallest absolute Gasteiger partial charge is 0.410 e. The molecule has 1 rings (SSSR count). The molecule has 1 heterocycles. The SMILES string of the molecule is CC1(C)CCN(C(=O)OC(C)(C)C)CC(=O)C1. The van der Waals surface area contributed by atoms with Gasteiger partial charge in [-0.25, -0.2) is 4.79 Å². The molecule has 0 aromatic rings. The Morgan fingerprint density at radius 2 is 1.94 bits per heavy atom. The van der Waals surface area contributed by atoms with E-state index in [4.69, 9.17) is 4.74 Å². The van der Waals surface area contributed by atoms with Crippen molar-refractivity contribution in [1.82, 2.24) is 4.90 Å². The lowest BCUT2D eigenvalue weighted by Gasteiger charge is -2.26. The lowest BCUT2D eigenvalue weighted by Crippen LogP contribution is -2.39. The van der Waals surface area contributed by atoms with E-state index >= 15 is 0 Å². The second kappa shape index (κ2) is 4.67. The molecule has 1 fully saturated rings. The van der Waals surface area contributed by atoms with E-state index in [1.165, 1.54) is 4.90 Å². The Kier molecular flexibility index (Phi) is 3.84. The minimum absolute atomic E-state index is 0.0200. The van der Waals surface area contributed by atoms with Gasteiger partial charge in [0.15, 0.2) is 5.78 Å². The summed E-state index contributed by atoms with van der Waals surface area (Å²) in [7, 11) is 0. The Bertz CT molecular complexity index is 315. The number of likely N-dealkylation sites (tertiary alicyclic amines) is 1. The van der Waals surface area contributed by atoms with E-state index in [2.05, 4.69) is 13.8 Å². The quantitative estimate of drug-likeness (QED) is 0.655. The molecule has 1 saturated heterocycles. The van der Waals surface area contributed by atoms with Crippen molar-refractivity contribution in [3.05, 3.63) is 0 Å². The zero-order valence-corrected chi connectivity index (χ0v) is 11.5. The van der Waals surface area contributed by atoms with Gasteiger partial charge in [0.2, 0.25) is 0 Å². The summed E-state index contributed by atoms with van der Waals surface area (Å²) in [4.78, 5) is 25.1. The summed E-state index contributed by atoms with van der Waals surface area (Å²) in [5.74, 6) is 0.110. The topological polar surface area (TPSA) is 46.6 Å². The van der Waals surface area contributed by atoms with Crippen molar-refractivity contribution < 1.29 is 14.3 Å². The molecule has 0 radical (unpaired) electrons. The van der Waals surface area contributed by atoms with Crippen LogP contribution in [0.2, 0.25) is 0 Å². The first-order valence-electron chi connectivity index (χ1n) is 6.09. The van der Waals surface area contributed by atoms with Gasteiger partial charge >= 0.3 is 6.09 Å². The van der Waals surface area contributed by atoms with Crippen LogP contribution in [0, 0.1) is 5.41 Å². The summed E-state index contributed by atoms with van der Waals surface area (Å²) in [6.45, 7) is 10.4. The van der Waals surface area contributed by atoms with Gasteiger partial charge in [-0.1, -0.05) is 13.8 Å². The number of ether oxygens (including phenoxy) is 1. The van der Waals surface area contributed by atoms with Crippen molar-refractivity contribution in [3.63, 3.8) is 0 Å². The van der Waals surface area contributed by atoms with Crippen molar-refractivity contribution in [1.29, 1.82) is 0 Å². The standard InChI is InChI=1S/C13H23NO3/c1-12(2,3)17-11(16)14-7-6-13(4,5)8-10(15)9-14/h6-9H2,1-5H3. The van der Waals surface area contributed by atoms with Crippen molar-refractivity contribution in [3.8, 4) is 0 Å². The lowest BCUT2D eigenvalue weighted by atomic mass is 9.85. The van der Waals surface area contributed by atoms with E-state index in [9.17, 15) is 9.59 Å². The predicted octanol–water partition coefficient (Wildman–Crippen LogP) is 2.61. The third-order valence-corrected chi connectivity index (χ3v) is 2.75. The summed E-state index contributed by atoms with van der Waals surface area (Å²) in [5.41, 5.74) is -0.532. The highest BCUT2D eigenvalue weighted by atomic mass is 16.6. The number of carbonyl (C=O) groups excluding carboxylic acids is 2. The van der Waals surface area contributed by atoms with Gasteiger partial charge in [0.05, 0.1) is 6.54 Å². The maximum atomic E-state index is 11.9. The molecule has 0 saturated carbocycles. The Balaban J connectivity index is 2.66. The first kappa shape index (κ1) is 14.0. The van der Waals surface area contributed by atoms with Crippen LogP contribution in [-0.4, -0.2) is 35.5 Å². The highest BCUT2D eigenvalue weighted by molar-refractivity contribution is 5.85. The molecular formula is C13H23NO3. The third kappa shape index (κ3) is 4.75. The van der Waals surface area contributed by atoms with Crippen LogP contribution in [-0.2, 0) is 9.53 Å². The van der Waals surface area contributed by atoms with Gasteiger partial charge in [-0.3, -0.25) is 4.79 Å². The van der Waals surface area contributed by atoms with Crippen molar-refractivity contribution in [2.45, 2.75) is 53.1 Å². The molecule has 0 aromatic heterocycles. The third-order valence-electron chi connectivity index (χ3n) is 2.75. The zero-order valence-electron chi connectivity index (χ0n) is 11.5. The molecule has 0 aliphatic carbocycles. The van der Waals surface area contributed by atoms with Crippen molar-refractivity contribution >= 4 is 11.9 Å². The van der Waals surface area contributed by atoms with Gasteiger partial charge in [-0.05, 0) is 32.6 Å². The van der Waals surface area contributed by atoms with Gasteiger partial charge in [0.25, 0.3) is 0 Å². The van der Waals surface area contributed by atoms with Gasteiger partial charge < -0.3 is 9.64 Å². The number of amides is 1. The molecule has 4 heteroatoms.